The predicted octanol–water partition coefficient (Wildman–Crippen LogP) is 1.64. The zero-order valence-corrected chi connectivity index (χ0v) is 12.2. The van der Waals surface area contributed by atoms with E-state index in [4.69, 9.17) is 4.74 Å². The third kappa shape index (κ3) is 4.25. The molecule has 1 atom stereocenters. The highest BCUT2D eigenvalue weighted by Gasteiger charge is 2.19. The first kappa shape index (κ1) is 14.9. The molecule has 20 heavy (non-hydrogen) atoms. The lowest BCUT2D eigenvalue weighted by molar-refractivity contribution is -0.136. The molecule has 108 valence electrons. The van der Waals surface area contributed by atoms with Crippen LogP contribution in [0.25, 0.3) is 0 Å². The Morgan fingerprint density at radius 3 is 2.95 bits per heavy atom. The highest BCUT2D eigenvalue weighted by atomic mass is 32.2. The minimum Gasteiger partial charge on any atom is -0.376 e. The van der Waals surface area contributed by atoms with Gasteiger partial charge in [0.25, 0.3) is 0 Å². The van der Waals surface area contributed by atoms with Crippen molar-refractivity contribution >= 4 is 29.3 Å². The van der Waals surface area contributed by atoms with E-state index in [0.29, 0.717) is 12.2 Å². The van der Waals surface area contributed by atoms with Crippen LogP contribution in [-0.4, -0.2) is 37.3 Å². The molecule has 0 radical (unpaired) electrons. The van der Waals surface area contributed by atoms with Gasteiger partial charge in [-0.15, -0.1) is 11.8 Å². The second kappa shape index (κ2) is 7.31. The Kier molecular flexibility index (Phi) is 5.43. The number of benzene rings is 1. The highest BCUT2D eigenvalue weighted by Crippen LogP contribution is 2.18. The van der Waals surface area contributed by atoms with E-state index in [1.54, 1.807) is 17.8 Å². The van der Waals surface area contributed by atoms with Gasteiger partial charge in [0.2, 0.25) is 0 Å². The Balaban J connectivity index is 1.82. The van der Waals surface area contributed by atoms with E-state index in [9.17, 15) is 9.59 Å². The van der Waals surface area contributed by atoms with Crippen LogP contribution in [0.15, 0.2) is 29.2 Å². The quantitative estimate of drug-likeness (QED) is 0.654. The topological polar surface area (TPSA) is 67.4 Å². The van der Waals surface area contributed by atoms with Gasteiger partial charge in [-0.25, -0.2) is 0 Å². The lowest BCUT2D eigenvalue weighted by Gasteiger charge is -2.11. The van der Waals surface area contributed by atoms with E-state index >= 15 is 0 Å². The van der Waals surface area contributed by atoms with Crippen LogP contribution in [0.1, 0.15) is 12.8 Å². The second-order valence-corrected chi connectivity index (χ2v) is 5.41. The molecule has 6 heteroatoms. The third-order valence-electron chi connectivity index (χ3n) is 3.05. The van der Waals surface area contributed by atoms with Gasteiger partial charge in [-0.2, -0.15) is 0 Å². The zero-order chi connectivity index (χ0) is 14.4. The van der Waals surface area contributed by atoms with Crippen LogP contribution in [0.3, 0.4) is 0 Å². The van der Waals surface area contributed by atoms with Crippen LogP contribution in [0.2, 0.25) is 0 Å². The number of thioether (sulfide) groups is 1. The number of ether oxygens (including phenoxy) is 1. The van der Waals surface area contributed by atoms with Gasteiger partial charge in [0, 0.05) is 23.7 Å². The number of rotatable bonds is 4. The van der Waals surface area contributed by atoms with Crippen LogP contribution in [0, 0.1) is 0 Å². The molecule has 1 fully saturated rings. The van der Waals surface area contributed by atoms with Crippen molar-refractivity contribution in [1.82, 2.24) is 5.32 Å². The van der Waals surface area contributed by atoms with Crippen molar-refractivity contribution in [3.63, 3.8) is 0 Å². The Morgan fingerprint density at radius 2 is 2.25 bits per heavy atom. The first-order chi connectivity index (χ1) is 9.69. The fraction of sp³-hybridized carbons (Fsp3) is 0.429. The molecule has 1 heterocycles. The van der Waals surface area contributed by atoms with Crippen molar-refractivity contribution in [3.8, 4) is 0 Å². The van der Waals surface area contributed by atoms with Gasteiger partial charge in [0.05, 0.1) is 6.10 Å². The van der Waals surface area contributed by atoms with E-state index in [2.05, 4.69) is 10.6 Å². The van der Waals surface area contributed by atoms with Gasteiger partial charge in [-0.05, 0) is 37.3 Å². The lowest BCUT2D eigenvalue weighted by Crippen LogP contribution is -2.39. The maximum absolute atomic E-state index is 11.7. The summed E-state index contributed by atoms with van der Waals surface area (Å²) in [6.07, 6.45) is 3.92. The lowest BCUT2D eigenvalue weighted by atomic mass is 10.2. The fourth-order valence-electron chi connectivity index (χ4n) is 1.98. The fourth-order valence-corrected chi connectivity index (χ4v) is 2.44. The Labute approximate surface area is 122 Å². The summed E-state index contributed by atoms with van der Waals surface area (Å²) in [5, 5.41) is 5.18. The maximum atomic E-state index is 11.7. The number of carbonyl (C=O) groups excluding carboxylic acids is 2. The number of amides is 2. The Bertz CT molecular complexity index is 487. The molecular weight excluding hydrogens is 276 g/mol. The maximum Gasteiger partial charge on any atom is 0.313 e. The molecule has 1 aromatic carbocycles. The summed E-state index contributed by atoms with van der Waals surface area (Å²) in [6, 6.07) is 7.37. The molecule has 0 spiro atoms. The summed E-state index contributed by atoms with van der Waals surface area (Å²) in [5.74, 6) is -1.28. The molecule has 0 saturated carbocycles. The van der Waals surface area contributed by atoms with Gasteiger partial charge in [0.1, 0.15) is 0 Å². The molecule has 0 aliphatic carbocycles. The Hall–Kier alpha value is -1.53. The van der Waals surface area contributed by atoms with Gasteiger partial charge in [-0.1, -0.05) is 6.07 Å². The highest BCUT2D eigenvalue weighted by molar-refractivity contribution is 7.98. The summed E-state index contributed by atoms with van der Waals surface area (Å²) in [5.41, 5.74) is 0.620. The van der Waals surface area contributed by atoms with Gasteiger partial charge >= 0.3 is 11.8 Å². The van der Waals surface area contributed by atoms with Gasteiger partial charge in [-0.3, -0.25) is 9.59 Å². The van der Waals surface area contributed by atoms with E-state index in [1.165, 1.54) is 0 Å². The van der Waals surface area contributed by atoms with Gasteiger partial charge in [0.15, 0.2) is 0 Å². The predicted molar refractivity (Wildman–Crippen MR) is 78.8 cm³/mol. The van der Waals surface area contributed by atoms with Crippen molar-refractivity contribution < 1.29 is 14.3 Å². The summed E-state index contributed by atoms with van der Waals surface area (Å²) in [7, 11) is 0. The molecule has 0 aromatic heterocycles. The standard InChI is InChI=1S/C14H18N2O3S/c1-20-12-6-2-4-10(8-12)16-14(18)13(17)15-9-11-5-3-7-19-11/h2,4,6,8,11H,3,5,7,9H2,1H3,(H,15,17)(H,16,18)/t11-/m0/s1. The van der Waals surface area contributed by atoms with Crippen LogP contribution in [0.4, 0.5) is 5.69 Å². The van der Waals surface area contributed by atoms with Gasteiger partial charge < -0.3 is 15.4 Å². The minimum atomic E-state index is -0.652. The Morgan fingerprint density at radius 1 is 1.40 bits per heavy atom. The number of anilines is 1. The van der Waals surface area contributed by atoms with E-state index in [0.717, 1.165) is 24.3 Å². The molecule has 2 amide bonds. The smallest absolute Gasteiger partial charge is 0.313 e. The molecule has 1 aliphatic rings. The first-order valence-electron chi connectivity index (χ1n) is 6.54. The average Bonchev–Trinajstić information content (AvgIpc) is 2.98. The summed E-state index contributed by atoms with van der Waals surface area (Å²) >= 11 is 1.58. The van der Waals surface area contributed by atoms with E-state index in [1.807, 2.05) is 24.5 Å². The minimum absolute atomic E-state index is 0.0339. The average molecular weight is 294 g/mol. The zero-order valence-electron chi connectivity index (χ0n) is 11.3. The summed E-state index contributed by atoms with van der Waals surface area (Å²) in [6.45, 7) is 1.12. The molecule has 0 bridgehead atoms. The first-order valence-corrected chi connectivity index (χ1v) is 7.76. The van der Waals surface area contributed by atoms with Crippen molar-refractivity contribution in [2.24, 2.45) is 0 Å². The van der Waals surface area contributed by atoms with Crippen molar-refractivity contribution in [1.29, 1.82) is 0 Å². The van der Waals surface area contributed by atoms with Crippen molar-refractivity contribution in [2.75, 3.05) is 24.7 Å². The monoisotopic (exact) mass is 294 g/mol. The van der Waals surface area contributed by atoms with Crippen molar-refractivity contribution in [3.05, 3.63) is 24.3 Å². The normalized spacial score (nSPS) is 17.8. The van der Waals surface area contributed by atoms with Crippen LogP contribution < -0.4 is 10.6 Å². The number of nitrogens with one attached hydrogen (secondary N) is 2. The molecule has 2 rings (SSSR count). The third-order valence-corrected chi connectivity index (χ3v) is 3.77. The largest absolute Gasteiger partial charge is 0.376 e. The van der Waals surface area contributed by atoms with Crippen LogP contribution >= 0.6 is 11.8 Å². The molecule has 1 aliphatic heterocycles. The van der Waals surface area contributed by atoms with E-state index < -0.39 is 11.8 Å². The van der Waals surface area contributed by atoms with Crippen LogP contribution in [-0.2, 0) is 14.3 Å². The van der Waals surface area contributed by atoms with Crippen molar-refractivity contribution in [2.45, 2.75) is 23.8 Å². The van der Waals surface area contributed by atoms with Crippen LogP contribution in [0.5, 0.6) is 0 Å². The number of carbonyl (C=O) groups is 2. The molecule has 1 saturated heterocycles. The molecule has 5 nitrogen and oxygen atoms in total. The molecular formula is C14H18N2O3S. The summed E-state index contributed by atoms with van der Waals surface area (Å²) < 4.78 is 5.38. The molecule has 1 aromatic rings. The van der Waals surface area contributed by atoms with E-state index in [-0.39, 0.29) is 6.10 Å². The second-order valence-electron chi connectivity index (χ2n) is 4.53. The molecule has 0 unspecified atom stereocenters. The number of hydrogen-bond donors (Lipinski definition) is 2. The number of hydrogen-bond acceptors (Lipinski definition) is 4. The SMILES string of the molecule is CSc1cccc(NC(=O)C(=O)NC[C@@H]2CCCO2)c1. The molecule has 2 N–H and O–H groups in total. The summed E-state index contributed by atoms with van der Waals surface area (Å²) in [4.78, 5) is 24.5.